The van der Waals surface area contributed by atoms with Crippen LogP contribution >= 0.6 is 22.9 Å². The molecule has 1 aromatic heterocycles. The number of carboxylic acids is 1. The molecule has 0 aliphatic heterocycles. The average molecular weight is 349 g/mol. The minimum atomic E-state index is -0.784. The van der Waals surface area contributed by atoms with Crippen LogP contribution in [-0.4, -0.2) is 16.8 Å². The van der Waals surface area contributed by atoms with Gasteiger partial charge in [-0.2, -0.15) is 5.10 Å². The van der Waals surface area contributed by atoms with Gasteiger partial charge in [-0.15, -0.1) is 11.3 Å². The fourth-order valence-electron chi connectivity index (χ4n) is 2.84. The molecule has 0 amide bonds. The average Bonchev–Trinajstić information content (AvgIpc) is 2.91. The summed E-state index contributed by atoms with van der Waals surface area (Å²) < 4.78 is 0. The Kier molecular flexibility index (Phi) is 4.98. The summed E-state index contributed by atoms with van der Waals surface area (Å²) >= 11 is 7.60. The first-order valence-corrected chi connectivity index (χ1v) is 8.77. The van der Waals surface area contributed by atoms with Crippen LogP contribution in [0.5, 0.6) is 0 Å². The third kappa shape index (κ3) is 3.92. The maximum Gasteiger partial charge on any atom is 0.304 e. The minimum absolute atomic E-state index is 0.0665. The number of nitrogens with one attached hydrogen (secondary N) is 1. The molecule has 4 nitrogen and oxygen atoms in total. The number of hydrogen-bond donors (Lipinski definition) is 2. The molecule has 0 fully saturated rings. The van der Waals surface area contributed by atoms with Gasteiger partial charge in [-0.3, -0.25) is 10.2 Å². The SMILES string of the molecule is O=C(O)CC1CCCc2sccc2/C1=N/Nc1ccc(Cl)cc1. The molecule has 1 aliphatic rings. The molecule has 2 N–H and O–H groups in total. The largest absolute Gasteiger partial charge is 0.481 e. The molecule has 0 bridgehead atoms. The highest BCUT2D eigenvalue weighted by atomic mass is 35.5. The number of rotatable bonds is 4. The van der Waals surface area contributed by atoms with Gasteiger partial charge in [0.05, 0.1) is 17.8 Å². The van der Waals surface area contributed by atoms with Gasteiger partial charge in [0.15, 0.2) is 0 Å². The van der Waals surface area contributed by atoms with Crippen LogP contribution in [0.2, 0.25) is 5.02 Å². The number of halogens is 1. The second-order valence-electron chi connectivity index (χ2n) is 5.56. The lowest BCUT2D eigenvalue weighted by Crippen LogP contribution is -2.20. The first-order valence-electron chi connectivity index (χ1n) is 7.51. The molecule has 1 aliphatic carbocycles. The molecule has 0 saturated carbocycles. The highest BCUT2D eigenvalue weighted by Gasteiger charge is 2.26. The van der Waals surface area contributed by atoms with Crippen molar-refractivity contribution >= 4 is 40.3 Å². The lowest BCUT2D eigenvalue weighted by molar-refractivity contribution is -0.137. The van der Waals surface area contributed by atoms with Crippen molar-refractivity contribution in [1.29, 1.82) is 0 Å². The van der Waals surface area contributed by atoms with Crippen molar-refractivity contribution < 1.29 is 9.90 Å². The topological polar surface area (TPSA) is 61.7 Å². The van der Waals surface area contributed by atoms with E-state index in [0.717, 1.165) is 36.2 Å². The zero-order valence-corrected chi connectivity index (χ0v) is 14.0. The van der Waals surface area contributed by atoms with E-state index in [2.05, 4.69) is 10.5 Å². The van der Waals surface area contributed by atoms with Gasteiger partial charge in [0, 0.05) is 21.4 Å². The van der Waals surface area contributed by atoms with Crippen LogP contribution in [-0.2, 0) is 11.2 Å². The Labute approximate surface area is 143 Å². The third-order valence-electron chi connectivity index (χ3n) is 3.94. The summed E-state index contributed by atoms with van der Waals surface area (Å²) in [4.78, 5) is 12.5. The van der Waals surface area contributed by atoms with Crippen LogP contribution in [0.25, 0.3) is 0 Å². The Bertz CT molecular complexity index is 724. The number of fused-ring (bicyclic) bond motifs is 1. The zero-order chi connectivity index (χ0) is 16.2. The predicted octanol–water partition coefficient (Wildman–Crippen LogP) is 4.64. The highest BCUT2D eigenvalue weighted by molar-refractivity contribution is 7.10. The molecular formula is C17H17ClN2O2S. The van der Waals surface area contributed by atoms with E-state index in [1.54, 1.807) is 23.5 Å². The number of thiophene rings is 1. The van der Waals surface area contributed by atoms with Crippen LogP contribution in [0.1, 0.15) is 29.7 Å². The lowest BCUT2D eigenvalue weighted by atomic mass is 9.93. The summed E-state index contributed by atoms with van der Waals surface area (Å²) in [5.74, 6) is -0.851. The Morgan fingerprint density at radius 1 is 1.35 bits per heavy atom. The summed E-state index contributed by atoms with van der Waals surface area (Å²) in [7, 11) is 0. The molecule has 1 unspecified atom stereocenters. The van der Waals surface area contributed by atoms with Crippen LogP contribution in [0.3, 0.4) is 0 Å². The number of carbonyl (C=O) groups is 1. The molecule has 3 rings (SSSR count). The number of nitrogens with zero attached hydrogens (tertiary/aromatic N) is 1. The molecule has 23 heavy (non-hydrogen) atoms. The Balaban J connectivity index is 1.91. The van der Waals surface area contributed by atoms with E-state index >= 15 is 0 Å². The second kappa shape index (κ2) is 7.15. The van der Waals surface area contributed by atoms with E-state index < -0.39 is 5.97 Å². The summed E-state index contributed by atoms with van der Waals surface area (Å²) in [5.41, 5.74) is 5.80. The number of carboxylic acid groups (broad SMARTS) is 1. The van der Waals surface area contributed by atoms with Gasteiger partial charge in [0.25, 0.3) is 0 Å². The van der Waals surface area contributed by atoms with Gasteiger partial charge < -0.3 is 5.11 Å². The van der Waals surface area contributed by atoms with E-state index in [4.69, 9.17) is 11.6 Å². The minimum Gasteiger partial charge on any atom is -0.481 e. The van der Waals surface area contributed by atoms with E-state index in [-0.39, 0.29) is 12.3 Å². The number of hydrazone groups is 1. The fourth-order valence-corrected chi connectivity index (χ4v) is 3.89. The molecule has 6 heteroatoms. The molecule has 120 valence electrons. The van der Waals surface area contributed by atoms with Gasteiger partial charge in [-0.1, -0.05) is 11.6 Å². The molecule has 1 atom stereocenters. The van der Waals surface area contributed by atoms with E-state index in [0.29, 0.717) is 5.02 Å². The number of aliphatic carboxylic acids is 1. The molecule has 1 aromatic carbocycles. The maximum atomic E-state index is 11.2. The molecule has 2 aromatic rings. The first kappa shape index (κ1) is 16.0. The van der Waals surface area contributed by atoms with E-state index in [1.165, 1.54) is 4.88 Å². The summed E-state index contributed by atoms with van der Waals surface area (Å²) in [6.07, 6.45) is 2.93. The van der Waals surface area contributed by atoms with Crippen LogP contribution in [0, 0.1) is 5.92 Å². The maximum absolute atomic E-state index is 11.2. The van der Waals surface area contributed by atoms with Crippen LogP contribution in [0.15, 0.2) is 40.8 Å². The Morgan fingerprint density at radius 2 is 2.13 bits per heavy atom. The van der Waals surface area contributed by atoms with Crippen molar-refractivity contribution in [3.8, 4) is 0 Å². The monoisotopic (exact) mass is 348 g/mol. The zero-order valence-electron chi connectivity index (χ0n) is 12.5. The van der Waals surface area contributed by atoms with Crippen LogP contribution in [0.4, 0.5) is 5.69 Å². The van der Waals surface area contributed by atoms with E-state index in [9.17, 15) is 9.90 Å². The first-order chi connectivity index (χ1) is 11.1. The van der Waals surface area contributed by atoms with Crippen molar-refractivity contribution in [3.05, 3.63) is 51.2 Å². The van der Waals surface area contributed by atoms with Gasteiger partial charge in [-0.05, 0) is 55.0 Å². The summed E-state index contributed by atoms with van der Waals surface area (Å²) in [6, 6.07) is 9.33. The van der Waals surface area contributed by atoms with E-state index in [1.807, 2.05) is 23.6 Å². The predicted molar refractivity (Wildman–Crippen MR) is 94.6 cm³/mol. The summed E-state index contributed by atoms with van der Waals surface area (Å²) in [5, 5.41) is 16.5. The Hall–Kier alpha value is -1.85. The van der Waals surface area contributed by atoms with Gasteiger partial charge in [0.1, 0.15) is 0 Å². The smallest absolute Gasteiger partial charge is 0.304 e. The van der Waals surface area contributed by atoms with Crippen molar-refractivity contribution in [1.82, 2.24) is 0 Å². The summed E-state index contributed by atoms with van der Waals surface area (Å²) in [6.45, 7) is 0. The number of hydrogen-bond acceptors (Lipinski definition) is 4. The molecule has 1 heterocycles. The van der Waals surface area contributed by atoms with Crippen molar-refractivity contribution in [2.75, 3.05) is 5.43 Å². The quantitative estimate of drug-likeness (QED) is 0.624. The highest BCUT2D eigenvalue weighted by Crippen LogP contribution is 2.31. The fraction of sp³-hybridized carbons (Fsp3) is 0.294. The van der Waals surface area contributed by atoms with Gasteiger partial charge in [-0.25, -0.2) is 0 Å². The number of aryl methyl sites for hydroxylation is 1. The van der Waals surface area contributed by atoms with Gasteiger partial charge >= 0.3 is 5.97 Å². The van der Waals surface area contributed by atoms with Crippen LogP contribution < -0.4 is 5.43 Å². The second-order valence-corrected chi connectivity index (χ2v) is 7.00. The number of anilines is 1. The number of benzene rings is 1. The van der Waals surface area contributed by atoms with Gasteiger partial charge in [0.2, 0.25) is 0 Å². The normalized spacial score (nSPS) is 19.2. The Morgan fingerprint density at radius 3 is 2.87 bits per heavy atom. The van der Waals surface area contributed by atoms with Crippen molar-refractivity contribution in [2.24, 2.45) is 11.0 Å². The standard InChI is InChI=1S/C17H17ClN2O2S/c18-12-4-6-13(7-5-12)19-20-17-11(10-16(21)22)2-1-3-15-14(17)8-9-23-15/h4-9,11,19H,1-3,10H2,(H,21,22)/b20-17+. The van der Waals surface area contributed by atoms with Crippen molar-refractivity contribution in [3.63, 3.8) is 0 Å². The molecule has 0 radical (unpaired) electrons. The molecular weight excluding hydrogens is 332 g/mol. The van der Waals surface area contributed by atoms with Crippen molar-refractivity contribution in [2.45, 2.75) is 25.7 Å². The third-order valence-corrected chi connectivity index (χ3v) is 5.17. The lowest BCUT2D eigenvalue weighted by Gasteiger charge is -2.15. The molecule has 0 spiro atoms. The molecule has 0 saturated heterocycles.